The van der Waals surface area contributed by atoms with E-state index in [9.17, 15) is 9.59 Å². The maximum absolute atomic E-state index is 12.2. The molecule has 1 aliphatic heterocycles. The van der Waals surface area contributed by atoms with Crippen LogP contribution in [0.1, 0.15) is 11.1 Å². The van der Waals surface area contributed by atoms with Crippen molar-refractivity contribution in [3.05, 3.63) is 57.6 Å². The molecule has 1 heterocycles. The topological polar surface area (TPSA) is 133 Å². The fraction of sp³-hybridized carbons (Fsp3) is 0.333. The standard InChI is InChI=1S/C24H22Cl2N4O5/c25-19-1-3-21(15(5-19)7-27)34-13-23(31)29-9-17-11-33-12-18(17)10-30-24(32)14-35-22-4-2-20(26)6-16(22)8-28/h1-6,17-18H,9-14H2,(H,29,31)(H,30,32)/t17-,18+. The van der Waals surface area contributed by atoms with Crippen LogP contribution < -0.4 is 20.1 Å². The van der Waals surface area contributed by atoms with Crippen molar-refractivity contribution in [2.75, 3.05) is 39.5 Å². The van der Waals surface area contributed by atoms with Gasteiger partial charge >= 0.3 is 0 Å². The molecule has 0 aromatic heterocycles. The molecule has 1 fully saturated rings. The Balaban J connectivity index is 1.39. The molecule has 0 bridgehead atoms. The van der Waals surface area contributed by atoms with Crippen molar-refractivity contribution in [1.29, 1.82) is 10.5 Å². The Hall–Kier alpha value is -3.50. The molecule has 1 aliphatic rings. The molecular weight excluding hydrogens is 495 g/mol. The molecule has 1 saturated heterocycles. The van der Waals surface area contributed by atoms with E-state index in [4.69, 9.17) is 47.9 Å². The fourth-order valence-corrected chi connectivity index (χ4v) is 3.75. The molecule has 2 aromatic carbocycles. The predicted octanol–water partition coefficient (Wildman–Crippen LogP) is 2.69. The van der Waals surface area contributed by atoms with Crippen LogP contribution in [0.2, 0.25) is 10.0 Å². The Labute approximate surface area is 212 Å². The summed E-state index contributed by atoms with van der Waals surface area (Å²) in [5, 5.41) is 24.7. The van der Waals surface area contributed by atoms with Crippen molar-refractivity contribution >= 4 is 35.0 Å². The van der Waals surface area contributed by atoms with Gasteiger partial charge in [0.2, 0.25) is 0 Å². The number of rotatable bonds is 10. The number of amides is 2. The highest BCUT2D eigenvalue weighted by molar-refractivity contribution is 6.31. The van der Waals surface area contributed by atoms with E-state index in [0.717, 1.165) is 0 Å². The van der Waals surface area contributed by atoms with Gasteiger partial charge < -0.3 is 24.8 Å². The molecule has 2 aromatic rings. The number of nitrogens with zero attached hydrogens (tertiary/aromatic N) is 2. The van der Waals surface area contributed by atoms with E-state index in [1.807, 2.05) is 12.1 Å². The van der Waals surface area contributed by atoms with Crippen molar-refractivity contribution < 1.29 is 23.8 Å². The highest BCUT2D eigenvalue weighted by Crippen LogP contribution is 2.23. The Kier molecular flexibility index (Phi) is 9.56. The summed E-state index contributed by atoms with van der Waals surface area (Å²) in [7, 11) is 0. The number of hydrogen-bond donors (Lipinski definition) is 2. The van der Waals surface area contributed by atoms with Gasteiger partial charge in [-0.2, -0.15) is 10.5 Å². The van der Waals surface area contributed by atoms with E-state index in [1.165, 1.54) is 24.3 Å². The lowest BCUT2D eigenvalue weighted by atomic mass is 9.96. The second-order valence-corrected chi connectivity index (χ2v) is 8.62. The van der Waals surface area contributed by atoms with Crippen molar-refractivity contribution in [3.8, 4) is 23.6 Å². The van der Waals surface area contributed by atoms with E-state index >= 15 is 0 Å². The van der Waals surface area contributed by atoms with Gasteiger partial charge in [-0.25, -0.2) is 0 Å². The Bertz CT molecular complexity index is 1070. The molecule has 0 radical (unpaired) electrons. The third kappa shape index (κ3) is 7.76. The third-order valence-corrected chi connectivity index (χ3v) is 5.77. The van der Waals surface area contributed by atoms with Gasteiger partial charge in [-0.1, -0.05) is 23.2 Å². The van der Waals surface area contributed by atoms with Gasteiger partial charge in [-0.15, -0.1) is 0 Å². The number of nitriles is 2. The summed E-state index contributed by atoms with van der Waals surface area (Å²) in [4.78, 5) is 24.4. The number of benzene rings is 2. The first-order chi connectivity index (χ1) is 16.9. The molecule has 35 heavy (non-hydrogen) atoms. The summed E-state index contributed by atoms with van der Waals surface area (Å²) < 4.78 is 16.4. The van der Waals surface area contributed by atoms with E-state index < -0.39 is 0 Å². The smallest absolute Gasteiger partial charge is 0.257 e. The van der Waals surface area contributed by atoms with E-state index in [1.54, 1.807) is 12.1 Å². The predicted molar refractivity (Wildman–Crippen MR) is 127 cm³/mol. The van der Waals surface area contributed by atoms with Gasteiger partial charge in [-0.05, 0) is 36.4 Å². The summed E-state index contributed by atoms with van der Waals surface area (Å²) in [6, 6.07) is 13.1. The average Bonchev–Trinajstić information content (AvgIpc) is 3.31. The molecule has 0 spiro atoms. The first-order valence-corrected chi connectivity index (χ1v) is 11.4. The first-order valence-electron chi connectivity index (χ1n) is 10.7. The van der Waals surface area contributed by atoms with Crippen LogP contribution in [-0.4, -0.2) is 51.3 Å². The number of hydrogen-bond acceptors (Lipinski definition) is 7. The van der Waals surface area contributed by atoms with Gasteiger partial charge in [0.15, 0.2) is 13.2 Å². The SMILES string of the molecule is N#Cc1cc(Cl)ccc1OCC(=O)NC[C@@H]1COC[C@@H]1CNC(=O)COc1ccc(Cl)cc1C#N. The average molecular weight is 517 g/mol. The number of ether oxygens (including phenoxy) is 3. The normalized spacial score (nSPS) is 16.6. The van der Waals surface area contributed by atoms with Crippen LogP contribution in [0, 0.1) is 34.5 Å². The zero-order valence-electron chi connectivity index (χ0n) is 18.6. The highest BCUT2D eigenvalue weighted by Gasteiger charge is 2.29. The van der Waals surface area contributed by atoms with E-state index in [0.29, 0.717) is 36.3 Å². The molecule has 2 amide bonds. The summed E-state index contributed by atoms with van der Waals surface area (Å²) in [6.45, 7) is 1.09. The lowest BCUT2D eigenvalue weighted by molar-refractivity contribution is -0.124. The molecule has 0 aliphatic carbocycles. The monoisotopic (exact) mass is 516 g/mol. The molecular formula is C24H22Cl2N4O5. The second kappa shape index (κ2) is 12.8. The molecule has 2 atom stereocenters. The third-order valence-electron chi connectivity index (χ3n) is 5.30. The molecule has 0 saturated carbocycles. The lowest BCUT2D eigenvalue weighted by Crippen LogP contribution is -2.40. The quantitative estimate of drug-likeness (QED) is 0.495. The molecule has 9 nitrogen and oxygen atoms in total. The maximum atomic E-state index is 12.2. The van der Waals surface area contributed by atoms with Crippen LogP contribution in [0.4, 0.5) is 0 Å². The van der Waals surface area contributed by atoms with Crippen LogP contribution in [0.3, 0.4) is 0 Å². The largest absolute Gasteiger partial charge is 0.482 e. The van der Waals surface area contributed by atoms with E-state index in [-0.39, 0.29) is 59.5 Å². The number of carbonyl (C=O) groups excluding carboxylic acids is 2. The minimum atomic E-state index is -0.344. The van der Waals surface area contributed by atoms with Crippen LogP contribution in [0.5, 0.6) is 11.5 Å². The number of nitrogens with one attached hydrogen (secondary N) is 2. The van der Waals surface area contributed by atoms with Crippen molar-refractivity contribution in [2.45, 2.75) is 0 Å². The zero-order valence-corrected chi connectivity index (χ0v) is 20.1. The summed E-state index contributed by atoms with van der Waals surface area (Å²) in [5.74, 6) is -0.121. The van der Waals surface area contributed by atoms with E-state index in [2.05, 4.69) is 10.6 Å². The zero-order chi connectivity index (χ0) is 25.2. The Morgan fingerprint density at radius 1 is 0.857 bits per heavy atom. The second-order valence-electron chi connectivity index (χ2n) is 7.75. The van der Waals surface area contributed by atoms with Gasteiger partial charge in [0.25, 0.3) is 11.8 Å². The Morgan fingerprint density at radius 3 is 1.69 bits per heavy atom. The minimum absolute atomic E-state index is 0.00632. The molecule has 11 heteroatoms. The van der Waals surface area contributed by atoms with Crippen LogP contribution in [-0.2, 0) is 14.3 Å². The van der Waals surface area contributed by atoms with Crippen molar-refractivity contribution in [2.24, 2.45) is 11.8 Å². The Morgan fingerprint density at radius 2 is 1.29 bits per heavy atom. The molecule has 2 N–H and O–H groups in total. The van der Waals surface area contributed by atoms with Gasteiger partial charge in [0, 0.05) is 35.0 Å². The van der Waals surface area contributed by atoms with Crippen molar-refractivity contribution in [1.82, 2.24) is 10.6 Å². The minimum Gasteiger partial charge on any atom is -0.482 e. The van der Waals surface area contributed by atoms with Gasteiger partial charge in [-0.3, -0.25) is 9.59 Å². The van der Waals surface area contributed by atoms with Crippen molar-refractivity contribution in [3.63, 3.8) is 0 Å². The summed E-state index contributed by atoms with van der Waals surface area (Å²) >= 11 is 11.7. The highest BCUT2D eigenvalue weighted by atomic mass is 35.5. The van der Waals surface area contributed by atoms with Gasteiger partial charge in [0.05, 0.1) is 24.3 Å². The summed E-state index contributed by atoms with van der Waals surface area (Å²) in [6.07, 6.45) is 0. The van der Waals surface area contributed by atoms with Gasteiger partial charge in [0.1, 0.15) is 23.6 Å². The molecule has 3 rings (SSSR count). The lowest BCUT2D eigenvalue weighted by Gasteiger charge is -2.19. The maximum Gasteiger partial charge on any atom is 0.257 e. The molecule has 0 unspecified atom stereocenters. The molecule has 182 valence electrons. The summed E-state index contributed by atoms with van der Waals surface area (Å²) in [5.41, 5.74) is 0.489. The number of halogens is 2. The van der Waals surface area contributed by atoms with Crippen LogP contribution in [0.25, 0.3) is 0 Å². The first kappa shape index (κ1) is 26.1. The van der Waals surface area contributed by atoms with Crippen LogP contribution in [0.15, 0.2) is 36.4 Å². The number of carbonyl (C=O) groups is 2. The fourth-order valence-electron chi connectivity index (χ4n) is 3.40. The van der Waals surface area contributed by atoms with Crippen LogP contribution >= 0.6 is 23.2 Å².